The zero-order valence-electron chi connectivity index (χ0n) is 12.6. The summed E-state index contributed by atoms with van der Waals surface area (Å²) in [6.45, 7) is 6.00. The molecule has 114 valence electrons. The van der Waals surface area contributed by atoms with Crippen molar-refractivity contribution in [3.63, 3.8) is 0 Å². The predicted molar refractivity (Wildman–Crippen MR) is 77.4 cm³/mol. The average Bonchev–Trinajstić information content (AvgIpc) is 2.40. The van der Waals surface area contributed by atoms with E-state index in [2.05, 4.69) is 5.32 Å². The van der Waals surface area contributed by atoms with Crippen molar-refractivity contribution in [2.24, 2.45) is 0 Å². The Hall–Kier alpha value is -2.11. The van der Waals surface area contributed by atoms with E-state index in [1.807, 2.05) is 0 Å². The van der Waals surface area contributed by atoms with Crippen molar-refractivity contribution in [3.05, 3.63) is 33.2 Å². The summed E-state index contributed by atoms with van der Waals surface area (Å²) in [5.74, 6) is -0.637. The number of nitrogens with zero attached hydrogens (tertiary/aromatic N) is 1. The van der Waals surface area contributed by atoms with Crippen LogP contribution in [0.25, 0.3) is 0 Å². The van der Waals surface area contributed by atoms with Gasteiger partial charge in [-0.15, -0.1) is 0 Å². The van der Waals surface area contributed by atoms with Crippen molar-refractivity contribution in [1.29, 1.82) is 0 Å². The minimum atomic E-state index is -0.556. The van der Waals surface area contributed by atoms with Gasteiger partial charge in [-0.3, -0.25) is 14.2 Å². The lowest BCUT2D eigenvalue weighted by Crippen LogP contribution is -2.42. The molecule has 1 unspecified atom stereocenters. The fraction of sp³-hybridized carbons (Fsp3) is 0.533. The van der Waals surface area contributed by atoms with Gasteiger partial charge in [-0.25, -0.2) is 4.79 Å². The molecule has 6 nitrogen and oxygen atoms in total. The van der Waals surface area contributed by atoms with Gasteiger partial charge in [0.15, 0.2) is 0 Å². The number of carbonyl (C=O) groups is 2. The number of amides is 1. The van der Waals surface area contributed by atoms with E-state index in [-0.39, 0.29) is 18.1 Å². The summed E-state index contributed by atoms with van der Waals surface area (Å²) in [6.07, 6.45) is 1.41. The second kappa shape index (κ2) is 6.11. The number of rotatable bonds is 3. The number of ether oxygens (including phenoxy) is 1. The molecule has 1 fully saturated rings. The molecule has 1 aromatic rings. The monoisotopic (exact) mass is 292 g/mol. The van der Waals surface area contributed by atoms with Crippen molar-refractivity contribution in [3.8, 4) is 0 Å². The van der Waals surface area contributed by atoms with E-state index in [4.69, 9.17) is 4.74 Å². The van der Waals surface area contributed by atoms with Crippen molar-refractivity contribution < 1.29 is 14.3 Å². The lowest BCUT2D eigenvalue weighted by atomic mass is 10.0. The van der Waals surface area contributed by atoms with E-state index < -0.39 is 12.0 Å². The maximum Gasteiger partial charge on any atom is 0.340 e. The standard InChI is InChI=1S/C15H20N2O4/c1-4-21-15(20)13-9(2)8-12(18)17(10(13)3)11-6-5-7-16-14(11)19/h8,11H,4-7H2,1-3H3,(H,16,19). The van der Waals surface area contributed by atoms with Crippen LogP contribution in [-0.2, 0) is 9.53 Å². The van der Waals surface area contributed by atoms with Gasteiger partial charge < -0.3 is 10.1 Å². The van der Waals surface area contributed by atoms with Crippen molar-refractivity contribution in [2.75, 3.05) is 13.2 Å². The first kappa shape index (κ1) is 15.3. The van der Waals surface area contributed by atoms with Crippen LogP contribution in [0.3, 0.4) is 0 Å². The van der Waals surface area contributed by atoms with Crippen molar-refractivity contribution >= 4 is 11.9 Å². The fourth-order valence-corrected chi connectivity index (χ4v) is 2.80. The summed E-state index contributed by atoms with van der Waals surface area (Å²) in [6, 6.07) is 0.834. The number of hydrogen-bond donors (Lipinski definition) is 1. The van der Waals surface area contributed by atoms with E-state index in [9.17, 15) is 14.4 Å². The van der Waals surface area contributed by atoms with Gasteiger partial charge in [-0.2, -0.15) is 0 Å². The number of nitrogens with one attached hydrogen (secondary N) is 1. The third-order valence-electron chi connectivity index (χ3n) is 3.74. The Kier molecular flexibility index (Phi) is 4.45. The van der Waals surface area contributed by atoms with E-state index in [0.29, 0.717) is 29.8 Å². The summed E-state index contributed by atoms with van der Waals surface area (Å²) in [4.78, 5) is 36.3. The van der Waals surface area contributed by atoms with Crippen LogP contribution in [0.5, 0.6) is 0 Å². The van der Waals surface area contributed by atoms with Crippen LogP contribution >= 0.6 is 0 Å². The SMILES string of the molecule is CCOC(=O)c1c(C)cc(=O)n(C2CCCNC2=O)c1C. The quantitative estimate of drug-likeness (QED) is 0.846. The minimum Gasteiger partial charge on any atom is -0.462 e. The molecule has 0 radical (unpaired) electrons. The molecular weight excluding hydrogens is 272 g/mol. The number of aryl methyl sites for hydroxylation is 1. The summed E-state index contributed by atoms with van der Waals surface area (Å²) in [5, 5.41) is 2.76. The molecule has 0 aromatic carbocycles. The van der Waals surface area contributed by atoms with Gasteiger partial charge in [0.1, 0.15) is 6.04 Å². The number of carbonyl (C=O) groups excluding carboxylic acids is 2. The van der Waals surface area contributed by atoms with Crippen LogP contribution in [0.1, 0.15) is 47.4 Å². The summed E-state index contributed by atoms with van der Waals surface area (Å²) >= 11 is 0. The molecule has 1 saturated heterocycles. The maximum atomic E-state index is 12.3. The Bertz CT molecular complexity index is 633. The van der Waals surface area contributed by atoms with Gasteiger partial charge in [-0.05, 0) is 39.2 Å². The van der Waals surface area contributed by atoms with Crippen LogP contribution in [-0.4, -0.2) is 29.6 Å². The molecule has 1 aliphatic heterocycles. The number of pyridine rings is 1. The first-order valence-corrected chi connectivity index (χ1v) is 7.15. The smallest absolute Gasteiger partial charge is 0.340 e. The summed E-state index contributed by atoms with van der Waals surface area (Å²) in [7, 11) is 0. The minimum absolute atomic E-state index is 0.176. The largest absolute Gasteiger partial charge is 0.462 e. The maximum absolute atomic E-state index is 12.3. The molecule has 0 saturated carbocycles. The number of hydrogen-bond acceptors (Lipinski definition) is 4. The highest BCUT2D eigenvalue weighted by molar-refractivity contribution is 5.92. The van der Waals surface area contributed by atoms with Crippen molar-refractivity contribution in [2.45, 2.75) is 39.7 Å². The van der Waals surface area contributed by atoms with Crippen LogP contribution in [0.15, 0.2) is 10.9 Å². The highest BCUT2D eigenvalue weighted by Gasteiger charge is 2.28. The normalized spacial score (nSPS) is 18.2. The third-order valence-corrected chi connectivity index (χ3v) is 3.74. The van der Waals surface area contributed by atoms with Crippen LogP contribution < -0.4 is 10.9 Å². The van der Waals surface area contributed by atoms with E-state index >= 15 is 0 Å². The highest BCUT2D eigenvalue weighted by atomic mass is 16.5. The van der Waals surface area contributed by atoms with Gasteiger partial charge >= 0.3 is 5.97 Å². The molecule has 2 rings (SSSR count). The lowest BCUT2D eigenvalue weighted by Gasteiger charge is -2.26. The fourth-order valence-electron chi connectivity index (χ4n) is 2.80. The van der Waals surface area contributed by atoms with Crippen molar-refractivity contribution in [1.82, 2.24) is 9.88 Å². The molecule has 1 amide bonds. The molecule has 1 N–H and O–H groups in total. The second-order valence-corrected chi connectivity index (χ2v) is 5.17. The molecule has 0 aliphatic carbocycles. The molecule has 1 atom stereocenters. The number of piperidine rings is 1. The van der Waals surface area contributed by atoms with Crippen LogP contribution in [0.4, 0.5) is 0 Å². The summed E-state index contributed by atoms with van der Waals surface area (Å²) in [5.41, 5.74) is 1.17. The molecule has 1 aromatic heterocycles. The zero-order chi connectivity index (χ0) is 15.6. The molecule has 2 heterocycles. The van der Waals surface area contributed by atoms with E-state index in [1.54, 1.807) is 20.8 Å². The molecule has 0 spiro atoms. The van der Waals surface area contributed by atoms with E-state index in [1.165, 1.54) is 10.6 Å². The molecule has 1 aliphatic rings. The predicted octanol–water partition coefficient (Wildman–Crippen LogP) is 1.09. The highest BCUT2D eigenvalue weighted by Crippen LogP contribution is 2.21. The molecular formula is C15H20N2O4. The Morgan fingerprint density at radius 1 is 1.43 bits per heavy atom. The molecule has 0 bridgehead atoms. The van der Waals surface area contributed by atoms with Gasteiger partial charge in [0.25, 0.3) is 5.56 Å². The number of aromatic nitrogens is 1. The van der Waals surface area contributed by atoms with Gasteiger partial charge in [0.05, 0.1) is 12.2 Å². The lowest BCUT2D eigenvalue weighted by molar-refractivity contribution is -0.126. The second-order valence-electron chi connectivity index (χ2n) is 5.17. The number of esters is 1. The molecule has 21 heavy (non-hydrogen) atoms. The van der Waals surface area contributed by atoms with Crippen LogP contribution in [0.2, 0.25) is 0 Å². The molecule has 6 heteroatoms. The average molecular weight is 292 g/mol. The third kappa shape index (κ3) is 2.84. The topological polar surface area (TPSA) is 77.4 Å². The Labute approximate surface area is 123 Å². The Balaban J connectivity index is 2.56. The Morgan fingerprint density at radius 3 is 2.76 bits per heavy atom. The zero-order valence-corrected chi connectivity index (χ0v) is 12.6. The van der Waals surface area contributed by atoms with Gasteiger partial charge in [-0.1, -0.05) is 0 Å². The van der Waals surface area contributed by atoms with Crippen LogP contribution in [0, 0.1) is 13.8 Å². The first-order valence-electron chi connectivity index (χ1n) is 7.15. The van der Waals surface area contributed by atoms with Gasteiger partial charge in [0.2, 0.25) is 5.91 Å². The summed E-state index contributed by atoms with van der Waals surface area (Å²) < 4.78 is 6.45. The first-order chi connectivity index (χ1) is 9.97. The van der Waals surface area contributed by atoms with Gasteiger partial charge in [0, 0.05) is 18.3 Å². The Morgan fingerprint density at radius 2 is 2.14 bits per heavy atom. The van der Waals surface area contributed by atoms with E-state index in [0.717, 1.165) is 6.42 Å².